The maximum Gasteiger partial charge on any atom is 0.140 e. The Kier molecular flexibility index (Phi) is 4.83. The number of nitrogen functional groups attached to an aromatic ring is 1. The first kappa shape index (κ1) is 15.8. The summed E-state index contributed by atoms with van der Waals surface area (Å²) in [7, 11) is 4.15. The highest BCUT2D eigenvalue weighted by Gasteiger charge is 2.23. The molecule has 0 saturated heterocycles. The number of aryl methyl sites for hydroxylation is 2. The highest BCUT2D eigenvalue weighted by atomic mass is 15.2. The quantitative estimate of drug-likeness (QED) is 0.617. The highest BCUT2D eigenvalue weighted by molar-refractivity contribution is 6.00. The number of nitrogens with one attached hydrogen (secondary N) is 1. The number of anilines is 1. The Morgan fingerprint density at radius 2 is 2.14 bits per heavy atom. The summed E-state index contributed by atoms with van der Waals surface area (Å²) in [6.45, 7) is 6.14. The van der Waals surface area contributed by atoms with Crippen LogP contribution >= 0.6 is 0 Å². The zero-order valence-electron chi connectivity index (χ0n) is 13.6. The van der Waals surface area contributed by atoms with E-state index in [0.717, 1.165) is 43.7 Å². The fourth-order valence-electron chi connectivity index (χ4n) is 3.18. The van der Waals surface area contributed by atoms with Crippen LogP contribution in [0.25, 0.3) is 0 Å². The SMILES string of the molecule is CCN(c1nc2c(cc1C(=N)N)CCC2)C(C)CN(C)C. The molecular formula is C16H27N5. The molecule has 1 aliphatic carbocycles. The van der Waals surface area contributed by atoms with Crippen LogP contribution < -0.4 is 10.6 Å². The van der Waals surface area contributed by atoms with Gasteiger partial charge >= 0.3 is 0 Å². The van der Waals surface area contributed by atoms with Gasteiger partial charge in [0.15, 0.2) is 0 Å². The number of hydrogen-bond donors (Lipinski definition) is 2. The number of pyridine rings is 1. The Morgan fingerprint density at radius 1 is 1.43 bits per heavy atom. The van der Waals surface area contributed by atoms with Gasteiger partial charge in [-0.1, -0.05) is 0 Å². The molecule has 21 heavy (non-hydrogen) atoms. The van der Waals surface area contributed by atoms with Crippen LogP contribution in [0.3, 0.4) is 0 Å². The monoisotopic (exact) mass is 289 g/mol. The maximum absolute atomic E-state index is 7.89. The molecule has 1 aromatic rings. The molecule has 1 unspecified atom stereocenters. The molecule has 2 rings (SSSR count). The predicted molar refractivity (Wildman–Crippen MR) is 88.3 cm³/mol. The highest BCUT2D eigenvalue weighted by Crippen LogP contribution is 2.28. The van der Waals surface area contributed by atoms with Gasteiger partial charge in [0.25, 0.3) is 0 Å². The van der Waals surface area contributed by atoms with Crippen LogP contribution in [0.1, 0.15) is 37.1 Å². The summed E-state index contributed by atoms with van der Waals surface area (Å²) in [4.78, 5) is 9.29. The molecule has 0 spiro atoms. The molecule has 5 nitrogen and oxygen atoms in total. The van der Waals surface area contributed by atoms with Gasteiger partial charge in [-0.2, -0.15) is 0 Å². The van der Waals surface area contributed by atoms with Crippen molar-refractivity contribution in [2.45, 2.75) is 39.2 Å². The molecule has 1 heterocycles. The van der Waals surface area contributed by atoms with Crippen molar-refractivity contribution in [2.75, 3.05) is 32.1 Å². The van der Waals surface area contributed by atoms with Crippen LogP contribution in [0, 0.1) is 5.41 Å². The van der Waals surface area contributed by atoms with E-state index in [9.17, 15) is 0 Å². The Morgan fingerprint density at radius 3 is 2.71 bits per heavy atom. The van der Waals surface area contributed by atoms with Gasteiger partial charge in [0.2, 0.25) is 0 Å². The minimum absolute atomic E-state index is 0.114. The third-order valence-corrected chi connectivity index (χ3v) is 4.10. The van der Waals surface area contributed by atoms with E-state index in [1.165, 1.54) is 11.3 Å². The average Bonchev–Trinajstić information content (AvgIpc) is 2.84. The Labute approximate surface area is 127 Å². The second-order valence-electron chi connectivity index (χ2n) is 6.13. The number of likely N-dealkylation sites (N-methyl/N-ethyl adjacent to an activating group) is 2. The summed E-state index contributed by atoms with van der Waals surface area (Å²) in [6, 6.07) is 2.41. The first-order chi connectivity index (χ1) is 9.93. The Hall–Kier alpha value is -1.62. The van der Waals surface area contributed by atoms with Crippen LogP contribution in [0.15, 0.2) is 6.07 Å². The van der Waals surface area contributed by atoms with Gasteiger partial charge in [0, 0.05) is 24.8 Å². The molecule has 0 saturated carbocycles. The number of rotatable bonds is 6. The average molecular weight is 289 g/mol. The second-order valence-corrected chi connectivity index (χ2v) is 6.13. The number of hydrogen-bond acceptors (Lipinski definition) is 4. The number of nitrogens with zero attached hydrogens (tertiary/aromatic N) is 3. The van der Waals surface area contributed by atoms with Gasteiger partial charge in [0.1, 0.15) is 11.7 Å². The lowest BCUT2D eigenvalue weighted by molar-refractivity contribution is 0.372. The zero-order chi connectivity index (χ0) is 15.6. The van der Waals surface area contributed by atoms with Crippen molar-refractivity contribution in [1.82, 2.24) is 9.88 Å². The molecule has 5 heteroatoms. The van der Waals surface area contributed by atoms with E-state index in [-0.39, 0.29) is 5.84 Å². The zero-order valence-corrected chi connectivity index (χ0v) is 13.6. The van der Waals surface area contributed by atoms with Crippen molar-refractivity contribution < 1.29 is 0 Å². The van der Waals surface area contributed by atoms with Crippen LogP contribution in [-0.4, -0.2) is 48.9 Å². The van der Waals surface area contributed by atoms with Crippen LogP contribution in [0.2, 0.25) is 0 Å². The number of amidine groups is 1. The lowest BCUT2D eigenvalue weighted by Gasteiger charge is -2.32. The largest absolute Gasteiger partial charge is 0.384 e. The van der Waals surface area contributed by atoms with Crippen molar-refractivity contribution in [3.05, 3.63) is 22.9 Å². The van der Waals surface area contributed by atoms with E-state index < -0.39 is 0 Å². The van der Waals surface area contributed by atoms with Crippen molar-refractivity contribution in [1.29, 1.82) is 5.41 Å². The van der Waals surface area contributed by atoms with Crippen LogP contribution in [-0.2, 0) is 12.8 Å². The van der Waals surface area contributed by atoms with Gasteiger partial charge in [0.05, 0.1) is 5.56 Å². The second kappa shape index (κ2) is 6.43. The number of fused-ring (bicyclic) bond motifs is 1. The van der Waals surface area contributed by atoms with Crippen molar-refractivity contribution in [2.24, 2.45) is 5.73 Å². The predicted octanol–water partition coefficient (Wildman–Crippen LogP) is 1.63. The molecule has 0 fully saturated rings. The normalized spacial score (nSPS) is 15.1. The fourth-order valence-corrected chi connectivity index (χ4v) is 3.18. The van der Waals surface area contributed by atoms with Crippen molar-refractivity contribution in [3.63, 3.8) is 0 Å². The lowest BCUT2D eigenvalue weighted by Crippen LogP contribution is -2.41. The molecule has 1 aromatic heterocycles. The smallest absolute Gasteiger partial charge is 0.140 e. The van der Waals surface area contributed by atoms with E-state index in [0.29, 0.717) is 6.04 Å². The molecule has 0 aliphatic heterocycles. The van der Waals surface area contributed by atoms with Gasteiger partial charge in [-0.15, -0.1) is 0 Å². The lowest BCUT2D eigenvalue weighted by atomic mass is 10.1. The summed E-state index contributed by atoms with van der Waals surface area (Å²) in [6.07, 6.45) is 3.25. The summed E-state index contributed by atoms with van der Waals surface area (Å²) >= 11 is 0. The number of aromatic nitrogens is 1. The molecule has 0 amide bonds. The van der Waals surface area contributed by atoms with E-state index >= 15 is 0 Å². The minimum atomic E-state index is 0.114. The van der Waals surface area contributed by atoms with Gasteiger partial charge in [-0.05, 0) is 58.8 Å². The molecule has 0 aromatic carbocycles. The third-order valence-electron chi connectivity index (χ3n) is 4.10. The topological polar surface area (TPSA) is 69.2 Å². The molecule has 1 atom stereocenters. The van der Waals surface area contributed by atoms with Crippen LogP contribution in [0.5, 0.6) is 0 Å². The van der Waals surface area contributed by atoms with E-state index in [1.54, 1.807) is 0 Å². The van der Waals surface area contributed by atoms with Gasteiger partial charge in [-0.25, -0.2) is 4.98 Å². The third kappa shape index (κ3) is 3.35. The fraction of sp³-hybridized carbons (Fsp3) is 0.625. The van der Waals surface area contributed by atoms with Gasteiger partial charge in [-0.3, -0.25) is 5.41 Å². The number of nitrogens with two attached hydrogens (primary N) is 1. The summed E-state index contributed by atoms with van der Waals surface area (Å²) in [5, 5.41) is 7.89. The van der Waals surface area contributed by atoms with Crippen LogP contribution in [0.4, 0.5) is 5.82 Å². The summed E-state index contributed by atoms with van der Waals surface area (Å²) in [5.74, 6) is 0.989. The standard InChI is InChI=1S/C16H27N5/c1-5-21(11(2)10-20(3)4)16-13(15(17)18)9-12-7-6-8-14(12)19-16/h9,11H,5-8,10H2,1-4H3,(H3,17,18). The first-order valence-electron chi connectivity index (χ1n) is 7.72. The van der Waals surface area contributed by atoms with Crippen molar-refractivity contribution >= 4 is 11.7 Å². The summed E-state index contributed by atoms with van der Waals surface area (Å²) in [5.41, 5.74) is 9.04. The molecule has 0 bridgehead atoms. The van der Waals surface area contributed by atoms with Crippen molar-refractivity contribution in [3.8, 4) is 0 Å². The molecule has 0 radical (unpaired) electrons. The van der Waals surface area contributed by atoms with E-state index in [4.69, 9.17) is 16.1 Å². The Bertz CT molecular complexity index is 524. The first-order valence-corrected chi connectivity index (χ1v) is 7.72. The summed E-state index contributed by atoms with van der Waals surface area (Å²) < 4.78 is 0. The Balaban J connectivity index is 2.42. The van der Waals surface area contributed by atoms with Gasteiger partial charge < -0.3 is 15.5 Å². The molecular weight excluding hydrogens is 262 g/mol. The molecule has 1 aliphatic rings. The van der Waals surface area contributed by atoms with E-state index in [1.807, 2.05) is 0 Å². The minimum Gasteiger partial charge on any atom is -0.384 e. The molecule has 3 N–H and O–H groups in total. The van der Waals surface area contributed by atoms with E-state index in [2.05, 4.69) is 43.8 Å². The maximum atomic E-state index is 7.89. The molecule has 116 valence electrons.